The molecule has 0 saturated heterocycles. The zero-order valence-electron chi connectivity index (χ0n) is 10.9. The molecule has 6 heteroatoms. The van der Waals surface area contributed by atoms with Gasteiger partial charge in [0.2, 0.25) is 0 Å². The Bertz CT molecular complexity index is 678. The van der Waals surface area contributed by atoms with E-state index < -0.39 is 0 Å². The molecule has 2 aromatic rings. The summed E-state index contributed by atoms with van der Waals surface area (Å²) in [6.45, 7) is 0. The van der Waals surface area contributed by atoms with E-state index in [1.165, 1.54) is 24.2 Å². The van der Waals surface area contributed by atoms with Crippen LogP contribution in [0.3, 0.4) is 0 Å². The smallest absolute Gasteiger partial charge is 0.171 e. The number of aromatic nitrogens is 2. The molecule has 1 aromatic carbocycles. The molecule has 1 aromatic heterocycles. The fourth-order valence-corrected chi connectivity index (χ4v) is 3.18. The first kappa shape index (κ1) is 13.2. The molecule has 3 N–H and O–H groups in total. The van der Waals surface area contributed by atoms with Crippen LogP contribution in [0.5, 0.6) is 0 Å². The first-order chi connectivity index (χ1) is 9.70. The average molecular weight is 335 g/mol. The molecule has 0 spiro atoms. The number of nitrogens with zero attached hydrogens (tertiary/aromatic N) is 3. The second-order valence-corrected chi connectivity index (χ2v) is 5.72. The van der Waals surface area contributed by atoms with Gasteiger partial charge in [0.15, 0.2) is 5.84 Å². The highest BCUT2D eigenvalue weighted by Crippen LogP contribution is 2.26. The van der Waals surface area contributed by atoms with Crippen molar-refractivity contribution in [1.82, 2.24) is 9.55 Å². The van der Waals surface area contributed by atoms with Gasteiger partial charge in [0.25, 0.3) is 0 Å². The van der Waals surface area contributed by atoms with Gasteiger partial charge in [-0.2, -0.15) is 0 Å². The van der Waals surface area contributed by atoms with E-state index in [0.29, 0.717) is 5.56 Å². The molecule has 20 heavy (non-hydrogen) atoms. The Balaban J connectivity index is 2.03. The summed E-state index contributed by atoms with van der Waals surface area (Å²) in [4.78, 5) is 4.50. The van der Waals surface area contributed by atoms with Gasteiger partial charge in [-0.05, 0) is 59.8 Å². The van der Waals surface area contributed by atoms with Crippen molar-refractivity contribution in [3.8, 4) is 5.69 Å². The van der Waals surface area contributed by atoms with Crippen LogP contribution in [0.25, 0.3) is 5.69 Å². The van der Waals surface area contributed by atoms with Crippen LogP contribution in [0.2, 0.25) is 0 Å². The summed E-state index contributed by atoms with van der Waals surface area (Å²) in [5.74, 6) is 0.0936. The van der Waals surface area contributed by atoms with Crippen molar-refractivity contribution < 1.29 is 5.21 Å². The van der Waals surface area contributed by atoms with Gasteiger partial charge in [-0.3, -0.25) is 0 Å². The second-order valence-electron chi connectivity index (χ2n) is 4.86. The first-order valence-electron chi connectivity index (χ1n) is 6.53. The third kappa shape index (κ3) is 2.20. The number of halogens is 1. The highest BCUT2D eigenvalue weighted by molar-refractivity contribution is 9.10. The molecule has 0 bridgehead atoms. The standard InChI is InChI=1S/C14H15BrN4O/c15-11-7-9(5-6-10(11)14(16)18-20)19-8-17-12-3-1-2-4-13(12)19/h5-8,20H,1-4H2,(H2,16,18). The van der Waals surface area contributed by atoms with Crippen LogP contribution < -0.4 is 5.73 Å². The van der Waals surface area contributed by atoms with E-state index in [-0.39, 0.29) is 5.84 Å². The molecule has 0 unspecified atom stereocenters. The van der Waals surface area contributed by atoms with Crippen molar-refractivity contribution in [2.24, 2.45) is 10.9 Å². The minimum absolute atomic E-state index is 0.0936. The zero-order valence-corrected chi connectivity index (χ0v) is 12.5. The van der Waals surface area contributed by atoms with Gasteiger partial charge in [-0.1, -0.05) is 5.16 Å². The molecule has 104 valence electrons. The molecule has 0 amide bonds. The van der Waals surface area contributed by atoms with Crippen molar-refractivity contribution in [1.29, 1.82) is 0 Å². The number of fused-ring (bicyclic) bond motifs is 1. The first-order valence-corrected chi connectivity index (χ1v) is 7.33. The molecule has 0 atom stereocenters. The number of nitrogens with two attached hydrogens (primary N) is 1. The maximum absolute atomic E-state index is 8.75. The number of oxime groups is 1. The summed E-state index contributed by atoms with van der Waals surface area (Å²) in [7, 11) is 0. The van der Waals surface area contributed by atoms with E-state index in [0.717, 1.165) is 23.0 Å². The lowest BCUT2D eigenvalue weighted by molar-refractivity contribution is 0.318. The van der Waals surface area contributed by atoms with Crippen molar-refractivity contribution >= 4 is 21.8 Å². The molecule has 0 aliphatic heterocycles. The van der Waals surface area contributed by atoms with Crippen LogP contribution in [-0.4, -0.2) is 20.6 Å². The van der Waals surface area contributed by atoms with Crippen LogP contribution in [0, 0.1) is 0 Å². The highest BCUT2D eigenvalue weighted by atomic mass is 79.9. The average Bonchev–Trinajstić information content (AvgIpc) is 2.90. The SMILES string of the molecule is N/C(=N/O)c1ccc(-n2cnc3c2CCCC3)cc1Br. The van der Waals surface area contributed by atoms with Gasteiger partial charge >= 0.3 is 0 Å². The van der Waals surface area contributed by atoms with Gasteiger partial charge in [0, 0.05) is 21.4 Å². The van der Waals surface area contributed by atoms with Gasteiger partial charge in [0.05, 0.1) is 12.0 Å². The number of hydrogen-bond acceptors (Lipinski definition) is 3. The Labute approximate surface area is 125 Å². The van der Waals surface area contributed by atoms with Crippen molar-refractivity contribution in [3.05, 3.63) is 46.0 Å². The lowest BCUT2D eigenvalue weighted by atomic mass is 10.0. The number of aryl methyl sites for hydroxylation is 1. The third-order valence-electron chi connectivity index (χ3n) is 3.64. The summed E-state index contributed by atoms with van der Waals surface area (Å²) in [5.41, 5.74) is 9.82. The van der Waals surface area contributed by atoms with E-state index in [4.69, 9.17) is 10.9 Å². The topological polar surface area (TPSA) is 76.4 Å². The van der Waals surface area contributed by atoms with Gasteiger partial charge in [-0.25, -0.2) is 4.98 Å². The van der Waals surface area contributed by atoms with Crippen LogP contribution in [0.1, 0.15) is 29.8 Å². The van der Waals surface area contributed by atoms with Crippen LogP contribution in [0.4, 0.5) is 0 Å². The molecule has 1 aliphatic rings. The maximum Gasteiger partial charge on any atom is 0.171 e. The summed E-state index contributed by atoms with van der Waals surface area (Å²) in [6.07, 6.45) is 6.43. The Morgan fingerprint density at radius 3 is 2.90 bits per heavy atom. The monoisotopic (exact) mass is 334 g/mol. The molecule has 1 aliphatic carbocycles. The van der Waals surface area contributed by atoms with Crippen molar-refractivity contribution in [2.75, 3.05) is 0 Å². The number of hydrogen-bond donors (Lipinski definition) is 2. The van der Waals surface area contributed by atoms with Gasteiger partial charge in [-0.15, -0.1) is 0 Å². The van der Waals surface area contributed by atoms with E-state index in [1.54, 1.807) is 0 Å². The molecule has 1 heterocycles. The Morgan fingerprint density at radius 1 is 1.35 bits per heavy atom. The Hall–Kier alpha value is -1.82. The summed E-state index contributed by atoms with van der Waals surface area (Å²) in [5, 5.41) is 11.8. The molecular formula is C14H15BrN4O. The molecule has 0 fully saturated rings. The minimum atomic E-state index is 0.0936. The summed E-state index contributed by atoms with van der Waals surface area (Å²) >= 11 is 3.46. The fraction of sp³-hybridized carbons (Fsp3) is 0.286. The van der Waals surface area contributed by atoms with E-state index in [1.807, 2.05) is 24.5 Å². The largest absolute Gasteiger partial charge is 0.409 e. The van der Waals surface area contributed by atoms with Gasteiger partial charge in [0.1, 0.15) is 0 Å². The lowest BCUT2D eigenvalue weighted by Crippen LogP contribution is -2.14. The highest BCUT2D eigenvalue weighted by Gasteiger charge is 2.16. The molecule has 3 rings (SSSR count). The second kappa shape index (κ2) is 5.28. The number of imidazole rings is 1. The number of rotatable bonds is 2. The summed E-state index contributed by atoms with van der Waals surface area (Å²) in [6, 6.07) is 5.75. The molecule has 5 nitrogen and oxygen atoms in total. The number of amidine groups is 1. The lowest BCUT2D eigenvalue weighted by Gasteiger charge is -2.14. The molecular weight excluding hydrogens is 320 g/mol. The Morgan fingerprint density at radius 2 is 2.15 bits per heavy atom. The predicted molar refractivity (Wildman–Crippen MR) is 80.4 cm³/mol. The normalized spacial score (nSPS) is 15.2. The zero-order chi connectivity index (χ0) is 14.1. The predicted octanol–water partition coefficient (Wildman–Crippen LogP) is 2.61. The van der Waals surface area contributed by atoms with Gasteiger partial charge < -0.3 is 15.5 Å². The molecule has 0 saturated carbocycles. The van der Waals surface area contributed by atoms with E-state index in [2.05, 4.69) is 30.6 Å². The third-order valence-corrected chi connectivity index (χ3v) is 4.30. The van der Waals surface area contributed by atoms with E-state index >= 15 is 0 Å². The summed E-state index contributed by atoms with van der Waals surface area (Å²) < 4.78 is 2.92. The minimum Gasteiger partial charge on any atom is -0.409 e. The Kier molecular flexibility index (Phi) is 3.48. The fourth-order valence-electron chi connectivity index (χ4n) is 2.61. The maximum atomic E-state index is 8.75. The van der Waals surface area contributed by atoms with Crippen molar-refractivity contribution in [2.45, 2.75) is 25.7 Å². The van der Waals surface area contributed by atoms with Crippen LogP contribution >= 0.6 is 15.9 Å². The quantitative estimate of drug-likeness (QED) is 0.383. The van der Waals surface area contributed by atoms with E-state index in [9.17, 15) is 0 Å². The van der Waals surface area contributed by atoms with Crippen LogP contribution in [0.15, 0.2) is 34.2 Å². The van der Waals surface area contributed by atoms with Crippen molar-refractivity contribution in [3.63, 3.8) is 0 Å². The number of benzene rings is 1. The van der Waals surface area contributed by atoms with Crippen LogP contribution in [-0.2, 0) is 12.8 Å². The molecule has 0 radical (unpaired) electrons.